The van der Waals surface area contributed by atoms with Crippen LogP contribution in [-0.4, -0.2) is 7.11 Å². The molecule has 0 N–H and O–H groups in total. The number of hydrogen-bond acceptors (Lipinski definition) is 1. The van der Waals surface area contributed by atoms with E-state index >= 15 is 0 Å². The summed E-state index contributed by atoms with van der Waals surface area (Å²) >= 11 is 7.95. The molecule has 0 heterocycles. The van der Waals surface area contributed by atoms with Crippen molar-refractivity contribution in [1.29, 1.82) is 0 Å². The van der Waals surface area contributed by atoms with Crippen molar-refractivity contribution in [1.82, 2.24) is 0 Å². The Hall–Kier alpha value is 0.0400. The van der Waals surface area contributed by atoms with E-state index in [1.807, 2.05) is 18.2 Å². The monoisotopic (exact) mass is 282 g/mol. The Bertz CT molecular complexity index is 250. The fourth-order valence-electron chi connectivity index (χ4n) is 0.780. The Labute approximate surface area is 84.8 Å². The molecule has 0 unspecified atom stereocenters. The minimum atomic E-state index is 0.537. The minimum Gasteiger partial charge on any atom is -0.497 e. The molecule has 1 nitrogen and oxygen atoms in total. The maximum atomic E-state index is 5.70. The fraction of sp³-hybridized carbons (Fsp3) is 0.250. The molecule has 0 fully saturated rings. The lowest BCUT2D eigenvalue weighted by Crippen LogP contribution is -1.87. The number of hydrogen-bond donors (Lipinski definition) is 0. The van der Waals surface area contributed by atoms with Crippen LogP contribution in [0.3, 0.4) is 0 Å². The number of methoxy groups -OCH3 is 1. The van der Waals surface area contributed by atoms with E-state index in [2.05, 4.69) is 22.6 Å². The van der Waals surface area contributed by atoms with Crippen molar-refractivity contribution in [2.24, 2.45) is 0 Å². The Morgan fingerprint density at radius 1 is 1.55 bits per heavy atom. The van der Waals surface area contributed by atoms with Gasteiger partial charge >= 0.3 is 0 Å². The van der Waals surface area contributed by atoms with Crippen molar-refractivity contribution in [2.75, 3.05) is 7.11 Å². The van der Waals surface area contributed by atoms with Gasteiger partial charge in [0.25, 0.3) is 0 Å². The smallest absolute Gasteiger partial charge is 0.119 e. The van der Waals surface area contributed by atoms with Gasteiger partial charge in [-0.2, -0.15) is 0 Å². The van der Waals surface area contributed by atoms with Crippen LogP contribution in [0.2, 0.25) is 0 Å². The van der Waals surface area contributed by atoms with Crippen LogP contribution in [0.15, 0.2) is 18.2 Å². The molecule has 0 aliphatic heterocycles. The number of rotatable bonds is 2. The van der Waals surface area contributed by atoms with E-state index in [9.17, 15) is 0 Å². The van der Waals surface area contributed by atoms with Crippen LogP contribution in [0.5, 0.6) is 5.75 Å². The van der Waals surface area contributed by atoms with Crippen LogP contribution in [0.4, 0.5) is 0 Å². The molecule has 0 saturated heterocycles. The van der Waals surface area contributed by atoms with Gasteiger partial charge in [-0.15, -0.1) is 11.6 Å². The van der Waals surface area contributed by atoms with Gasteiger partial charge in [-0.3, -0.25) is 0 Å². The lowest BCUT2D eigenvalue weighted by Gasteiger charge is -2.03. The van der Waals surface area contributed by atoms with Crippen LogP contribution in [0, 0.1) is 3.57 Å². The second-order valence-electron chi connectivity index (χ2n) is 2.09. The standard InChI is InChI=1S/C8H8ClIO/c1-11-7-2-3-8(10)6(4-7)5-9/h2-4H,5H2,1H3. The Kier molecular flexibility index (Phi) is 3.45. The molecule has 11 heavy (non-hydrogen) atoms. The van der Waals surface area contributed by atoms with Gasteiger partial charge in [-0.05, 0) is 46.4 Å². The van der Waals surface area contributed by atoms with E-state index in [4.69, 9.17) is 16.3 Å². The number of ether oxygens (including phenoxy) is 1. The van der Waals surface area contributed by atoms with Crippen molar-refractivity contribution in [3.8, 4) is 5.75 Å². The summed E-state index contributed by atoms with van der Waals surface area (Å²) < 4.78 is 6.23. The van der Waals surface area contributed by atoms with Crippen LogP contribution in [0.25, 0.3) is 0 Å². The van der Waals surface area contributed by atoms with E-state index in [1.165, 1.54) is 3.57 Å². The summed E-state index contributed by atoms with van der Waals surface area (Å²) in [6, 6.07) is 5.88. The van der Waals surface area contributed by atoms with E-state index in [0.717, 1.165) is 11.3 Å². The number of halogens is 2. The molecule has 3 heteroatoms. The van der Waals surface area contributed by atoms with Gasteiger partial charge in [0.05, 0.1) is 7.11 Å². The minimum absolute atomic E-state index is 0.537. The molecule has 0 bridgehead atoms. The van der Waals surface area contributed by atoms with Crippen molar-refractivity contribution in [3.63, 3.8) is 0 Å². The molecule has 60 valence electrons. The molecule has 1 rings (SSSR count). The topological polar surface area (TPSA) is 9.23 Å². The maximum Gasteiger partial charge on any atom is 0.119 e. The first-order valence-corrected chi connectivity index (χ1v) is 4.77. The maximum absolute atomic E-state index is 5.70. The molecule has 1 aromatic rings. The van der Waals surface area contributed by atoms with Gasteiger partial charge in [0.2, 0.25) is 0 Å². The van der Waals surface area contributed by atoms with Crippen LogP contribution >= 0.6 is 34.2 Å². The molecule has 0 amide bonds. The Balaban J connectivity index is 3.02. The highest BCUT2D eigenvalue weighted by molar-refractivity contribution is 14.1. The first-order valence-electron chi connectivity index (χ1n) is 3.16. The normalized spacial score (nSPS) is 9.73. The number of benzene rings is 1. The summed E-state index contributed by atoms with van der Waals surface area (Å²) in [5, 5.41) is 0. The van der Waals surface area contributed by atoms with Gasteiger partial charge in [0.1, 0.15) is 5.75 Å². The summed E-state index contributed by atoms with van der Waals surface area (Å²) in [6.45, 7) is 0. The van der Waals surface area contributed by atoms with E-state index in [-0.39, 0.29) is 0 Å². The molecule has 0 atom stereocenters. The van der Waals surface area contributed by atoms with Gasteiger partial charge in [-0.1, -0.05) is 0 Å². The summed E-state index contributed by atoms with van der Waals surface area (Å²) in [7, 11) is 1.65. The summed E-state index contributed by atoms with van der Waals surface area (Å²) in [5.74, 6) is 1.40. The predicted octanol–water partition coefficient (Wildman–Crippen LogP) is 3.04. The average Bonchev–Trinajstić information content (AvgIpc) is 2.05. The molecule has 0 spiro atoms. The second kappa shape index (κ2) is 4.16. The van der Waals surface area contributed by atoms with Crippen molar-refractivity contribution >= 4 is 34.2 Å². The summed E-state index contributed by atoms with van der Waals surface area (Å²) in [6.07, 6.45) is 0. The Morgan fingerprint density at radius 2 is 2.27 bits per heavy atom. The SMILES string of the molecule is COc1ccc(I)c(CCl)c1. The molecular formula is C8H8ClIO. The van der Waals surface area contributed by atoms with Gasteiger partial charge in [-0.25, -0.2) is 0 Å². The molecule has 0 aliphatic rings. The third-order valence-corrected chi connectivity index (χ3v) is 2.74. The van der Waals surface area contributed by atoms with Gasteiger partial charge in [0.15, 0.2) is 0 Å². The molecule has 0 saturated carbocycles. The zero-order valence-corrected chi connectivity index (χ0v) is 9.02. The number of alkyl halides is 1. The highest BCUT2D eigenvalue weighted by atomic mass is 127. The fourth-order valence-corrected chi connectivity index (χ4v) is 1.75. The quantitative estimate of drug-likeness (QED) is 0.598. The molecule has 1 aromatic carbocycles. The van der Waals surface area contributed by atoms with Crippen LogP contribution < -0.4 is 4.74 Å². The zero-order chi connectivity index (χ0) is 8.27. The second-order valence-corrected chi connectivity index (χ2v) is 3.52. The van der Waals surface area contributed by atoms with E-state index in [0.29, 0.717) is 5.88 Å². The predicted molar refractivity (Wildman–Crippen MR) is 55.3 cm³/mol. The third kappa shape index (κ3) is 2.24. The van der Waals surface area contributed by atoms with Crippen LogP contribution in [-0.2, 0) is 5.88 Å². The highest BCUT2D eigenvalue weighted by Crippen LogP contribution is 2.20. The largest absolute Gasteiger partial charge is 0.497 e. The molecular weight excluding hydrogens is 274 g/mol. The Morgan fingerprint density at radius 3 is 2.82 bits per heavy atom. The molecule has 0 aromatic heterocycles. The summed E-state index contributed by atoms with van der Waals surface area (Å²) in [4.78, 5) is 0. The first-order chi connectivity index (χ1) is 5.27. The average molecular weight is 283 g/mol. The van der Waals surface area contributed by atoms with Gasteiger partial charge in [0, 0.05) is 9.45 Å². The zero-order valence-electron chi connectivity index (χ0n) is 6.10. The summed E-state index contributed by atoms with van der Waals surface area (Å²) in [5.41, 5.74) is 1.12. The van der Waals surface area contributed by atoms with E-state index < -0.39 is 0 Å². The van der Waals surface area contributed by atoms with Crippen molar-refractivity contribution in [2.45, 2.75) is 5.88 Å². The first kappa shape index (κ1) is 9.13. The lowest BCUT2D eigenvalue weighted by atomic mass is 10.2. The third-order valence-electron chi connectivity index (χ3n) is 1.40. The van der Waals surface area contributed by atoms with Gasteiger partial charge < -0.3 is 4.74 Å². The molecule has 0 aliphatic carbocycles. The highest BCUT2D eigenvalue weighted by Gasteiger charge is 1.99. The van der Waals surface area contributed by atoms with Crippen LogP contribution in [0.1, 0.15) is 5.56 Å². The molecule has 0 radical (unpaired) electrons. The van der Waals surface area contributed by atoms with Crippen molar-refractivity contribution in [3.05, 3.63) is 27.3 Å². The van der Waals surface area contributed by atoms with E-state index in [1.54, 1.807) is 7.11 Å². The lowest BCUT2D eigenvalue weighted by molar-refractivity contribution is 0.414. The van der Waals surface area contributed by atoms with Crippen molar-refractivity contribution < 1.29 is 4.74 Å².